The van der Waals surface area contributed by atoms with Crippen molar-refractivity contribution >= 4 is 39.3 Å². The van der Waals surface area contributed by atoms with Gasteiger partial charge in [-0.1, -0.05) is 11.6 Å². The van der Waals surface area contributed by atoms with Gasteiger partial charge in [-0.3, -0.25) is 4.79 Å². The van der Waals surface area contributed by atoms with Crippen molar-refractivity contribution in [3.63, 3.8) is 0 Å². The van der Waals surface area contributed by atoms with Crippen LogP contribution in [0.15, 0.2) is 23.1 Å². The van der Waals surface area contributed by atoms with Crippen LogP contribution in [0.4, 0.5) is 4.39 Å². The second-order valence-corrected chi connectivity index (χ2v) is 9.02. The average Bonchev–Trinajstić information content (AvgIpc) is 2.60. The van der Waals surface area contributed by atoms with E-state index in [9.17, 15) is 17.6 Å². The molecule has 2 rings (SSSR count). The fraction of sp³-hybridized carbons (Fsp3) is 0.533. The second kappa shape index (κ2) is 9.72. The summed E-state index contributed by atoms with van der Waals surface area (Å²) in [4.78, 5) is 11.5. The number of carbonyl (C=O) groups excluding carboxylic acids is 1. The van der Waals surface area contributed by atoms with Gasteiger partial charge in [0, 0.05) is 30.8 Å². The van der Waals surface area contributed by atoms with E-state index >= 15 is 0 Å². The number of nitrogens with one attached hydrogen (secondary N) is 2. The van der Waals surface area contributed by atoms with E-state index < -0.39 is 21.7 Å². The molecule has 0 unspecified atom stereocenters. The number of carbonyl (C=O) groups is 1. The molecule has 1 aliphatic heterocycles. The van der Waals surface area contributed by atoms with Crippen LogP contribution >= 0.6 is 23.4 Å². The van der Waals surface area contributed by atoms with E-state index in [1.807, 2.05) is 0 Å². The van der Waals surface area contributed by atoms with Crippen LogP contribution in [0.1, 0.15) is 12.8 Å². The number of ether oxygens (including phenoxy) is 1. The van der Waals surface area contributed by atoms with Crippen molar-refractivity contribution in [2.24, 2.45) is 0 Å². The molecule has 10 heteroatoms. The van der Waals surface area contributed by atoms with Gasteiger partial charge in [0.15, 0.2) is 0 Å². The molecule has 0 bridgehead atoms. The maximum absolute atomic E-state index is 13.1. The van der Waals surface area contributed by atoms with Gasteiger partial charge in [-0.05, 0) is 31.0 Å². The van der Waals surface area contributed by atoms with Crippen LogP contribution in [0, 0.1) is 5.82 Å². The van der Waals surface area contributed by atoms with E-state index in [1.165, 1.54) is 0 Å². The van der Waals surface area contributed by atoms with E-state index in [4.69, 9.17) is 16.3 Å². The normalized spacial score (nSPS) is 15.9. The summed E-state index contributed by atoms with van der Waals surface area (Å²) in [6, 6.07) is 3.05. The van der Waals surface area contributed by atoms with Crippen LogP contribution in [0.5, 0.6) is 0 Å². The van der Waals surface area contributed by atoms with Gasteiger partial charge in [0.2, 0.25) is 15.9 Å². The fourth-order valence-electron chi connectivity index (χ4n) is 2.21. The summed E-state index contributed by atoms with van der Waals surface area (Å²) in [5.41, 5.74) is 0. The Morgan fingerprint density at radius 2 is 2.08 bits per heavy atom. The van der Waals surface area contributed by atoms with Gasteiger partial charge in [-0.25, -0.2) is 17.5 Å². The highest BCUT2D eigenvalue weighted by atomic mass is 35.5. The number of rotatable bonds is 8. The Balaban J connectivity index is 1.70. The first kappa shape index (κ1) is 20.4. The molecule has 0 radical (unpaired) electrons. The molecule has 1 aromatic rings. The molecule has 1 heterocycles. The zero-order chi connectivity index (χ0) is 18.3. The zero-order valence-corrected chi connectivity index (χ0v) is 15.9. The third-order valence-electron chi connectivity index (χ3n) is 3.57. The molecule has 0 saturated carbocycles. The molecule has 0 aliphatic carbocycles. The van der Waals surface area contributed by atoms with Crippen molar-refractivity contribution in [1.29, 1.82) is 0 Å². The fourth-order valence-corrected chi connectivity index (χ4v) is 4.54. The Labute approximate surface area is 155 Å². The predicted octanol–water partition coefficient (Wildman–Crippen LogP) is 1.79. The van der Waals surface area contributed by atoms with E-state index in [-0.39, 0.29) is 16.5 Å². The van der Waals surface area contributed by atoms with E-state index in [2.05, 4.69) is 10.0 Å². The molecule has 1 saturated heterocycles. The van der Waals surface area contributed by atoms with Crippen LogP contribution in [-0.2, 0) is 19.6 Å². The molecule has 6 nitrogen and oxygen atoms in total. The number of hydrogen-bond acceptors (Lipinski definition) is 5. The van der Waals surface area contributed by atoms with Gasteiger partial charge in [0.25, 0.3) is 0 Å². The minimum atomic E-state index is -3.92. The van der Waals surface area contributed by atoms with E-state index in [0.717, 1.165) is 50.0 Å². The molecule has 0 spiro atoms. The number of benzene rings is 1. The number of halogens is 2. The molecule has 1 fully saturated rings. The third-order valence-corrected chi connectivity index (χ3v) is 6.64. The van der Waals surface area contributed by atoms with E-state index in [0.29, 0.717) is 11.8 Å². The Morgan fingerprint density at radius 1 is 1.36 bits per heavy atom. The lowest BCUT2D eigenvalue weighted by Crippen LogP contribution is -2.37. The zero-order valence-electron chi connectivity index (χ0n) is 13.5. The van der Waals surface area contributed by atoms with Crippen molar-refractivity contribution in [2.75, 3.05) is 32.1 Å². The van der Waals surface area contributed by atoms with Crippen molar-refractivity contribution in [1.82, 2.24) is 10.0 Å². The SMILES string of the molecule is O=C(CNS(=O)(=O)c1ccc(F)c(Cl)c1)NCCSC1CCOCC1. The van der Waals surface area contributed by atoms with Crippen molar-refractivity contribution in [3.05, 3.63) is 29.0 Å². The van der Waals surface area contributed by atoms with E-state index in [1.54, 1.807) is 11.8 Å². The van der Waals surface area contributed by atoms with Gasteiger partial charge < -0.3 is 10.1 Å². The first-order chi connectivity index (χ1) is 11.9. The average molecular weight is 411 g/mol. The highest BCUT2D eigenvalue weighted by Gasteiger charge is 2.17. The standard InChI is InChI=1S/C15H20ClFN2O4S2/c16-13-9-12(1-2-14(13)17)25(21,22)19-10-15(20)18-5-8-24-11-3-6-23-7-4-11/h1-2,9,11,19H,3-8,10H2,(H,18,20). The minimum absolute atomic E-state index is 0.193. The molecule has 1 aliphatic rings. The number of thioether (sulfide) groups is 1. The largest absolute Gasteiger partial charge is 0.381 e. The lowest BCUT2D eigenvalue weighted by atomic mass is 10.2. The number of hydrogen-bond donors (Lipinski definition) is 2. The van der Waals surface area contributed by atoms with Gasteiger partial charge in [-0.15, -0.1) is 0 Å². The summed E-state index contributed by atoms with van der Waals surface area (Å²) in [5, 5.41) is 2.92. The predicted molar refractivity (Wildman–Crippen MR) is 95.9 cm³/mol. The Hall–Kier alpha value is -0.870. The topological polar surface area (TPSA) is 84.5 Å². The molecule has 1 amide bonds. The van der Waals surface area contributed by atoms with Gasteiger partial charge in [0.05, 0.1) is 16.5 Å². The summed E-state index contributed by atoms with van der Waals surface area (Å²) in [5.74, 6) is -0.374. The van der Waals surface area contributed by atoms with Crippen LogP contribution in [0.2, 0.25) is 5.02 Å². The maximum atomic E-state index is 13.1. The van der Waals surface area contributed by atoms with Crippen LogP contribution < -0.4 is 10.0 Å². The van der Waals surface area contributed by atoms with Gasteiger partial charge in [-0.2, -0.15) is 11.8 Å². The lowest BCUT2D eigenvalue weighted by Gasteiger charge is -2.21. The Bertz CT molecular complexity index is 697. The van der Waals surface area contributed by atoms with Crippen LogP contribution in [0.25, 0.3) is 0 Å². The monoisotopic (exact) mass is 410 g/mol. The minimum Gasteiger partial charge on any atom is -0.381 e. The lowest BCUT2D eigenvalue weighted by molar-refractivity contribution is -0.119. The molecule has 0 aromatic heterocycles. The van der Waals surface area contributed by atoms with Crippen LogP contribution in [-0.4, -0.2) is 51.6 Å². The molecular weight excluding hydrogens is 391 g/mol. The maximum Gasteiger partial charge on any atom is 0.241 e. The highest BCUT2D eigenvalue weighted by molar-refractivity contribution is 7.99. The molecule has 140 valence electrons. The van der Waals surface area contributed by atoms with Crippen molar-refractivity contribution < 1.29 is 22.3 Å². The van der Waals surface area contributed by atoms with Crippen molar-refractivity contribution in [3.8, 4) is 0 Å². The van der Waals surface area contributed by atoms with Crippen molar-refractivity contribution in [2.45, 2.75) is 23.0 Å². The summed E-state index contributed by atoms with van der Waals surface area (Å²) in [6.45, 7) is 1.63. The first-order valence-electron chi connectivity index (χ1n) is 7.79. The molecule has 25 heavy (non-hydrogen) atoms. The first-order valence-corrected chi connectivity index (χ1v) is 10.7. The number of sulfonamides is 1. The summed E-state index contributed by atoms with van der Waals surface area (Å²) < 4.78 is 44.6. The third kappa shape index (κ3) is 6.74. The van der Waals surface area contributed by atoms with Gasteiger partial charge in [0.1, 0.15) is 5.82 Å². The summed E-state index contributed by atoms with van der Waals surface area (Å²) in [7, 11) is -3.92. The Kier molecular flexibility index (Phi) is 7.95. The molecular formula is C15H20ClFN2O4S2. The summed E-state index contributed by atoms with van der Waals surface area (Å²) >= 11 is 7.35. The highest BCUT2D eigenvalue weighted by Crippen LogP contribution is 2.21. The smallest absolute Gasteiger partial charge is 0.241 e. The van der Waals surface area contributed by atoms with Gasteiger partial charge >= 0.3 is 0 Å². The molecule has 0 atom stereocenters. The second-order valence-electron chi connectivity index (χ2n) is 5.43. The molecule has 1 aromatic carbocycles. The number of amides is 1. The Morgan fingerprint density at radius 3 is 2.76 bits per heavy atom. The summed E-state index contributed by atoms with van der Waals surface area (Å²) in [6.07, 6.45) is 2.03. The molecule has 2 N–H and O–H groups in total. The quantitative estimate of drug-likeness (QED) is 0.638. The van der Waals surface area contributed by atoms with Crippen LogP contribution in [0.3, 0.4) is 0 Å².